The SMILES string of the molecule is CCNS(=O)(=O)c1cc(C(=O)Nc2cccc3ccccc23)ccc1OC. The maximum Gasteiger partial charge on any atom is 0.255 e. The zero-order valence-electron chi connectivity index (χ0n) is 15.0. The smallest absolute Gasteiger partial charge is 0.255 e. The van der Waals surface area contributed by atoms with Crippen molar-refractivity contribution >= 4 is 32.4 Å². The minimum absolute atomic E-state index is 0.0718. The monoisotopic (exact) mass is 384 g/mol. The Bertz CT molecular complexity index is 1090. The highest BCUT2D eigenvalue weighted by molar-refractivity contribution is 7.89. The molecule has 3 rings (SSSR count). The molecule has 0 unspecified atom stereocenters. The lowest BCUT2D eigenvalue weighted by molar-refractivity contribution is 0.102. The van der Waals surface area contributed by atoms with Gasteiger partial charge in [0, 0.05) is 23.2 Å². The number of hydrogen-bond acceptors (Lipinski definition) is 4. The van der Waals surface area contributed by atoms with E-state index in [4.69, 9.17) is 4.74 Å². The second-order valence-corrected chi connectivity index (χ2v) is 7.58. The number of carbonyl (C=O) groups is 1. The Hall–Kier alpha value is -2.90. The average Bonchev–Trinajstić information content (AvgIpc) is 2.67. The van der Waals surface area contributed by atoms with Gasteiger partial charge in [-0.1, -0.05) is 43.3 Å². The van der Waals surface area contributed by atoms with E-state index < -0.39 is 15.9 Å². The third-order valence-electron chi connectivity index (χ3n) is 4.09. The van der Waals surface area contributed by atoms with Crippen molar-refractivity contribution in [2.45, 2.75) is 11.8 Å². The molecule has 27 heavy (non-hydrogen) atoms. The summed E-state index contributed by atoms with van der Waals surface area (Å²) in [5.74, 6) is -0.223. The first kappa shape index (κ1) is 18.9. The molecule has 0 fully saturated rings. The minimum atomic E-state index is -3.77. The van der Waals surface area contributed by atoms with E-state index in [1.807, 2.05) is 36.4 Å². The van der Waals surface area contributed by atoms with Crippen LogP contribution in [-0.2, 0) is 10.0 Å². The molecule has 140 valence electrons. The molecule has 1 amide bonds. The van der Waals surface area contributed by atoms with Crippen molar-refractivity contribution < 1.29 is 17.9 Å². The molecule has 0 atom stereocenters. The summed E-state index contributed by atoms with van der Waals surface area (Å²) in [6.45, 7) is 1.92. The fourth-order valence-electron chi connectivity index (χ4n) is 2.82. The van der Waals surface area contributed by atoms with Crippen LogP contribution in [0.25, 0.3) is 10.8 Å². The van der Waals surface area contributed by atoms with Crippen molar-refractivity contribution in [2.24, 2.45) is 0 Å². The number of rotatable bonds is 6. The topological polar surface area (TPSA) is 84.5 Å². The van der Waals surface area contributed by atoms with Crippen molar-refractivity contribution in [1.29, 1.82) is 0 Å². The summed E-state index contributed by atoms with van der Waals surface area (Å²) >= 11 is 0. The lowest BCUT2D eigenvalue weighted by atomic mass is 10.1. The molecule has 3 aromatic rings. The van der Waals surface area contributed by atoms with Gasteiger partial charge in [-0.25, -0.2) is 13.1 Å². The fourth-order valence-corrected chi connectivity index (χ4v) is 4.06. The van der Waals surface area contributed by atoms with Gasteiger partial charge < -0.3 is 10.1 Å². The first-order valence-electron chi connectivity index (χ1n) is 8.43. The van der Waals surface area contributed by atoms with Gasteiger partial charge in [-0.2, -0.15) is 0 Å². The van der Waals surface area contributed by atoms with E-state index in [1.165, 1.54) is 25.3 Å². The Balaban J connectivity index is 1.97. The number of sulfonamides is 1. The van der Waals surface area contributed by atoms with Crippen LogP contribution < -0.4 is 14.8 Å². The maximum atomic E-state index is 12.7. The van der Waals surface area contributed by atoms with Crippen molar-refractivity contribution in [3.8, 4) is 5.75 Å². The van der Waals surface area contributed by atoms with Gasteiger partial charge in [0.15, 0.2) is 0 Å². The van der Waals surface area contributed by atoms with Crippen molar-refractivity contribution in [2.75, 3.05) is 19.0 Å². The fraction of sp³-hybridized carbons (Fsp3) is 0.150. The molecule has 0 bridgehead atoms. The average molecular weight is 384 g/mol. The normalized spacial score (nSPS) is 11.3. The first-order valence-corrected chi connectivity index (χ1v) is 9.91. The number of amides is 1. The number of benzene rings is 3. The first-order chi connectivity index (χ1) is 13.0. The van der Waals surface area contributed by atoms with Crippen LogP contribution in [0.1, 0.15) is 17.3 Å². The van der Waals surface area contributed by atoms with Gasteiger partial charge in [-0.15, -0.1) is 0 Å². The highest BCUT2D eigenvalue weighted by atomic mass is 32.2. The highest BCUT2D eigenvalue weighted by Crippen LogP contribution is 2.27. The molecular formula is C20H20N2O4S. The lowest BCUT2D eigenvalue weighted by Crippen LogP contribution is -2.24. The Morgan fingerprint density at radius 3 is 2.52 bits per heavy atom. The van der Waals surface area contributed by atoms with E-state index in [9.17, 15) is 13.2 Å². The molecule has 0 radical (unpaired) electrons. The Morgan fingerprint density at radius 1 is 1.04 bits per heavy atom. The summed E-state index contributed by atoms with van der Waals surface area (Å²) in [5.41, 5.74) is 0.880. The van der Waals surface area contributed by atoms with Crippen molar-refractivity contribution in [1.82, 2.24) is 4.72 Å². The van der Waals surface area contributed by atoms with Crippen LogP contribution in [-0.4, -0.2) is 28.0 Å². The molecule has 2 N–H and O–H groups in total. The standard InChI is InChI=1S/C20H20N2O4S/c1-3-21-27(24,25)19-13-15(11-12-18(19)26-2)20(23)22-17-10-6-8-14-7-4-5-9-16(14)17/h4-13,21H,3H2,1-2H3,(H,22,23). The van der Waals surface area contributed by atoms with Crippen LogP contribution >= 0.6 is 0 Å². The summed E-state index contributed by atoms with van der Waals surface area (Å²) in [5, 5.41) is 4.76. The van der Waals surface area contributed by atoms with Gasteiger partial charge in [0.05, 0.1) is 7.11 Å². The van der Waals surface area contributed by atoms with E-state index >= 15 is 0 Å². The van der Waals surface area contributed by atoms with E-state index in [-0.39, 0.29) is 22.8 Å². The Morgan fingerprint density at radius 2 is 1.78 bits per heavy atom. The second-order valence-electron chi connectivity index (χ2n) is 5.85. The number of anilines is 1. The third-order valence-corrected chi connectivity index (χ3v) is 5.65. The van der Waals surface area contributed by atoms with Crippen LogP contribution in [0.15, 0.2) is 65.6 Å². The third kappa shape index (κ3) is 3.94. The van der Waals surface area contributed by atoms with Crippen LogP contribution in [0.4, 0.5) is 5.69 Å². The Kier molecular flexibility index (Phi) is 5.43. The Labute approximate surface area is 158 Å². The van der Waals surface area contributed by atoms with Crippen molar-refractivity contribution in [3.63, 3.8) is 0 Å². The summed E-state index contributed by atoms with van der Waals surface area (Å²) in [6, 6.07) is 17.6. The molecule has 0 aliphatic rings. The number of carbonyl (C=O) groups excluding carboxylic acids is 1. The van der Waals surface area contributed by atoms with E-state index in [0.717, 1.165) is 10.8 Å². The summed E-state index contributed by atoms with van der Waals surface area (Å²) in [7, 11) is -2.39. The molecule has 0 saturated carbocycles. The molecule has 0 aromatic heterocycles. The molecule has 0 heterocycles. The molecule has 3 aromatic carbocycles. The second kappa shape index (κ2) is 7.77. The summed E-state index contributed by atoms with van der Waals surface area (Å²) in [6.07, 6.45) is 0. The summed E-state index contributed by atoms with van der Waals surface area (Å²) < 4.78 is 32.3. The number of nitrogens with one attached hydrogen (secondary N) is 2. The van der Waals surface area contributed by atoms with Crippen LogP contribution in [0, 0.1) is 0 Å². The predicted octanol–water partition coefficient (Wildman–Crippen LogP) is 3.40. The molecular weight excluding hydrogens is 364 g/mol. The number of hydrogen-bond donors (Lipinski definition) is 2. The van der Waals surface area contributed by atoms with Gasteiger partial charge in [0.25, 0.3) is 5.91 Å². The molecule has 0 spiro atoms. The predicted molar refractivity (Wildman–Crippen MR) is 106 cm³/mol. The molecule has 0 aliphatic heterocycles. The maximum absolute atomic E-state index is 12.7. The van der Waals surface area contributed by atoms with Gasteiger partial charge in [-0.05, 0) is 29.7 Å². The van der Waals surface area contributed by atoms with E-state index in [1.54, 1.807) is 13.0 Å². The lowest BCUT2D eigenvalue weighted by Gasteiger charge is -2.13. The molecule has 6 nitrogen and oxygen atoms in total. The zero-order chi connectivity index (χ0) is 19.4. The molecule has 0 saturated heterocycles. The van der Waals surface area contributed by atoms with Crippen LogP contribution in [0.3, 0.4) is 0 Å². The van der Waals surface area contributed by atoms with E-state index in [2.05, 4.69) is 10.0 Å². The van der Waals surface area contributed by atoms with Gasteiger partial charge in [-0.3, -0.25) is 4.79 Å². The van der Waals surface area contributed by atoms with Gasteiger partial charge >= 0.3 is 0 Å². The van der Waals surface area contributed by atoms with Crippen LogP contribution in [0.5, 0.6) is 5.75 Å². The van der Waals surface area contributed by atoms with Crippen molar-refractivity contribution in [3.05, 3.63) is 66.2 Å². The largest absolute Gasteiger partial charge is 0.495 e. The quantitative estimate of drug-likeness (QED) is 0.682. The number of ether oxygens (including phenoxy) is 1. The zero-order valence-corrected chi connectivity index (χ0v) is 15.8. The summed E-state index contributed by atoms with van der Waals surface area (Å²) in [4.78, 5) is 12.7. The van der Waals surface area contributed by atoms with Gasteiger partial charge in [0.1, 0.15) is 10.6 Å². The number of methoxy groups -OCH3 is 1. The highest BCUT2D eigenvalue weighted by Gasteiger charge is 2.21. The molecule has 0 aliphatic carbocycles. The number of fused-ring (bicyclic) bond motifs is 1. The van der Waals surface area contributed by atoms with Crippen LogP contribution in [0.2, 0.25) is 0 Å². The molecule has 7 heteroatoms. The minimum Gasteiger partial charge on any atom is -0.495 e. The van der Waals surface area contributed by atoms with E-state index in [0.29, 0.717) is 5.69 Å². The van der Waals surface area contributed by atoms with Gasteiger partial charge in [0.2, 0.25) is 10.0 Å².